The van der Waals surface area contributed by atoms with E-state index in [1.54, 1.807) is 0 Å². The molecule has 0 aliphatic rings. The molecule has 0 heterocycles. The van der Waals surface area contributed by atoms with Gasteiger partial charge in [0.2, 0.25) is 0 Å². The van der Waals surface area contributed by atoms with E-state index in [1.165, 1.54) is 231 Å². The van der Waals surface area contributed by atoms with E-state index >= 15 is 0 Å². The van der Waals surface area contributed by atoms with E-state index in [2.05, 4.69) is 57.2 Å². The molecule has 0 bridgehead atoms. The fourth-order valence-corrected chi connectivity index (χ4v) is 9.52. The molecular formula is C66H122O6. The highest BCUT2D eigenvalue weighted by atomic mass is 16.6. The van der Waals surface area contributed by atoms with E-state index < -0.39 is 6.10 Å². The van der Waals surface area contributed by atoms with Crippen LogP contribution in [0, 0.1) is 0 Å². The first-order chi connectivity index (χ1) is 35.5. The van der Waals surface area contributed by atoms with Crippen molar-refractivity contribution in [3.05, 3.63) is 36.5 Å². The summed E-state index contributed by atoms with van der Waals surface area (Å²) in [4.78, 5) is 38.2. The van der Waals surface area contributed by atoms with E-state index in [-0.39, 0.29) is 31.1 Å². The molecule has 6 nitrogen and oxygen atoms in total. The number of ether oxygens (including phenoxy) is 3. The Bertz CT molecular complexity index is 1210. The Hall–Kier alpha value is -2.37. The maximum absolute atomic E-state index is 12.9. The molecule has 422 valence electrons. The second kappa shape index (κ2) is 61.2. The number of unbranched alkanes of at least 4 members (excludes halogenated alkanes) is 42. The van der Waals surface area contributed by atoms with Crippen LogP contribution >= 0.6 is 0 Å². The van der Waals surface area contributed by atoms with Gasteiger partial charge in [-0.3, -0.25) is 14.4 Å². The Morgan fingerprint density at radius 3 is 0.847 bits per heavy atom. The zero-order valence-corrected chi connectivity index (χ0v) is 48.5. The first kappa shape index (κ1) is 69.6. The number of hydrogen-bond donors (Lipinski definition) is 0. The third-order valence-corrected chi connectivity index (χ3v) is 14.4. The third-order valence-electron chi connectivity index (χ3n) is 14.4. The van der Waals surface area contributed by atoms with E-state index in [4.69, 9.17) is 14.2 Å². The van der Waals surface area contributed by atoms with Crippen molar-refractivity contribution in [3.63, 3.8) is 0 Å². The Kier molecular flexibility index (Phi) is 59.2. The number of allylic oxidation sites excluding steroid dienone is 6. The second-order valence-corrected chi connectivity index (χ2v) is 21.7. The number of rotatable bonds is 59. The second-order valence-electron chi connectivity index (χ2n) is 21.7. The van der Waals surface area contributed by atoms with Gasteiger partial charge in [0.1, 0.15) is 13.2 Å². The lowest BCUT2D eigenvalue weighted by Crippen LogP contribution is -2.30. The minimum atomic E-state index is -0.777. The first-order valence-corrected chi connectivity index (χ1v) is 32.0. The van der Waals surface area contributed by atoms with Crippen LogP contribution < -0.4 is 0 Å². The van der Waals surface area contributed by atoms with Crippen LogP contribution in [-0.2, 0) is 28.6 Å². The van der Waals surface area contributed by atoms with Crippen molar-refractivity contribution >= 4 is 17.9 Å². The topological polar surface area (TPSA) is 78.9 Å². The highest BCUT2D eigenvalue weighted by Gasteiger charge is 2.19. The Labute approximate surface area is 448 Å². The quantitative estimate of drug-likeness (QED) is 0.0261. The van der Waals surface area contributed by atoms with Crippen molar-refractivity contribution in [2.75, 3.05) is 13.2 Å². The molecule has 0 saturated carbocycles. The third kappa shape index (κ3) is 58.5. The molecule has 0 amide bonds. The summed E-state index contributed by atoms with van der Waals surface area (Å²) in [5.74, 6) is -0.872. The molecule has 0 saturated heterocycles. The zero-order chi connectivity index (χ0) is 52.2. The fraction of sp³-hybridized carbons (Fsp3) is 0.864. The monoisotopic (exact) mass is 1010 g/mol. The number of carbonyl (C=O) groups is 3. The van der Waals surface area contributed by atoms with Crippen molar-refractivity contribution < 1.29 is 28.6 Å². The van der Waals surface area contributed by atoms with Gasteiger partial charge < -0.3 is 14.2 Å². The zero-order valence-electron chi connectivity index (χ0n) is 48.5. The highest BCUT2D eigenvalue weighted by molar-refractivity contribution is 5.71. The van der Waals surface area contributed by atoms with Crippen LogP contribution in [-0.4, -0.2) is 37.2 Å². The van der Waals surface area contributed by atoms with Gasteiger partial charge in [0, 0.05) is 19.3 Å². The average molecular weight is 1010 g/mol. The van der Waals surface area contributed by atoms with E-state index in [9.17, 15) is 14.4 Å². The number of carbonyl (C=O) groups excluding carboxylic acids is 3. The van der Waals surface area contributed by atoms with Crippen molar-refractivity contribution in [3.8, 4) is 0 Å². The minimum Gasteiger partial charge on any atom is -0.462 e. The molecule has 72 heavy (non-hydrogen) atoms. The van der Waals surface area contributed by atoms with Gasteiger partial charge >= 0.3 is 17.9 Å². The predicted octanol–water partition coefficient (Wildman–Crippen LogP) is 21.6. The van der Waals surface area contributed by atoms with Crippen molar-refractivity contribution in [1.82, 2.24) is 0 Å². The summed E-state index contributed by atoms with van der Waals surface area (Å²) >= 11 is 0. The van der Waals surface area contributed by atoms with Crippen LogP contribution in [0.3, 0.4) is 0 Å². The minimum absolute atomic E-state index is 0.0743. The molecule has 0 N–H and O–H groups in total. The van der Waals surface area contributed by atoms with Crippen molar-refractivity contribution in [2.45, 2.75) is 354 Å². The smallest absolute Gasteiger partial charge is 0.306 e. The summed E-state index contributed by atoms with van der Waals surface area (Å²) in [6.45, 7) is 6.62. The fourth-order valence-electron chi connectivity index (χ4n) is 9.52. The molecule has 6 heteroatoms. The molecule has 0 aliphatic carbocycles. The largest absolute Gasteiger partial charge is 0.462 e. The van der Waals surface area contributed by atoms with E-state index in [0.717, 1.165) is 77.0 Å². The van der Waals surface area contributed by atoms with Gasteiger partial charge in [-0.1, -0.05) is 295 Å². The molecule has 0 aliphatic heterocycles. The van der Waals surface area contributed by atoms with Crippen molar-refractivity contribution in [1.29, 1.82) is 0 Å². The van der Waals surface area contributed by atoms with Gasteiger partial charge in [0.15, 0.2) is 6.10 Å². The molecule has 0 aromatic heterocycles. The van der Waals surface area contributed by atoms with Crippen molar-refractivity contribution in [2.24, 2.45) is 0 Å². The predicted molar refractivity (Wildman–Crippen MR) is 312 cm³/mol. The number of esters is 3. The standard InChI is InChI=1S/C66H122O6/c1-4-7-10-13-16-19-22-24-26-28-29-30-31-32-33-34-35-36-38-39-41-44-47-50-53-56-59-65(68)71-62-63(61-70-64(67)58-55-52-49-46-43-21-18-15-12-9-6-3)72-66(69)60-57-54-51-48-45-42-40-37-27-25-23-20-17-14-11-8-5-2/h15,17-18,20,25,27,63H,4-14,16,19,21-24,26,28-62H2,1-3H3/b18-15-,20-17-,27-25-. The lowest BCUT2D eigenvalue weighted by Gasteiger charge is -2.18. The molecule has 1 atom stereocenters. The van der Waals surface area contributed by atoms with Gasteiger partial charge in [-0.05, 0) is 70.6 Å². The number of hydrogen-bond acceptors (Lipinski definition) is 6. The van der Waals surface area contributed by atoms with E-state index in [0.29, 0.717) is 19.3 Å². The Morgan fingerprint density at radius 2 is 0.514 bits per heavy atom. The van der Waals surface area contributed by atoms with Gasteiger partial charge in [-0.2, -0.15) is 0 Å². The van der Waals surface area contributed by atoms with Crippen LogP contribution in [0.4, 0.5) is 0 Å². The van der Waals surface area contributed by atoms with Gasteiger partial charge in [-0.25, -0.2) is 0 Å². The van der Waals surface area contributed by atoms with Crippen LogP contribution in [0.2, 0.25) is 0 Å². The van der Waals surface area contributed by atoms with Gasteiger partial charge in [-0.15, -0.1) is 0 Å². The summed E-state index contributed by atoms with van der Waals surface area (Å²) in [6.07, 6.45) is 74.5. The maximum atomic E-state index is 12.9. The van der Waals surface area contributed by atoms with E-state index in [1.807, 2.05) is 0 Å². The average Bonchev–Trinajstić information content (AvgIpc) is 3.38. The molecule has 0 rings (SSSR count). The summed E-state index contributed by atoms with van der Waals surface area (Å²) in [6, 6.07) is 0. The maximum Gasteiger partial charge on any atom is 0.306 e. The summed E-state index contributed by atoms with van der Waals surface area (Å²) in [5.41, 5.74) is 0. The summed E-state index contributed by atoms with van der Waals surface area (Å²) < 4.78 is 16.9. The summed E-state index contributed by atoms with van der Waals surface area (Å²) in [7, 11) is 0. The van der Waals surface area contributed by atoms with Gasteiger partial charge in [0.25, 0.3) is 0 Å². The Balaban J connectivity index is 4.18. The molecular weight excluding hydrogens is 889 g/mol. The van der Waals surface area contributed by atoms with Crippen LogP contribution in [0.25, 0.3) is 0 Å². The molecule has 1 unspecified atom stereocenters. The lowest BCUT2D eigenvalue weighted by atomic mass is 10.0. The Morgan fingerprint density at radius 1 is 0.278 bits per heavy atom. The SMILES string of the molecule is CCCC/C=C\CCCCCCCC(=O)OCC(COC(=O)CCCCCCCCCCCCCCCCCCCCCCCCCCCC)OC(=O)CCCCCCCCC/C=C\C/C=C\CCCCC. The lowest BCUT2D eigenvalue weighted by molar-refractivity contribution is -0.167. The van der Waals surface area contributed by atoms with Crippen LogP contribution in [0.5, 0.6) is 0 Å². The molecule has 0 spiro atoms. The van der Waals surface area contributed by atoms with Gasteiger partial charge in [0.05, 0.1) is 0 Å². The molecule has 0 aromatic carbocycles. The van der Waals surface area contributed by atoms with Crippen LogP contribution in [0.1, 0.15) is 348 Å². The first-order valence-electron chi connectivity index (χ1n) is 32.0. The molecule has 0 radical (unpaired) electrons. The highest BCUT2D eigenvalue weighted by Crippen LogP contribution is 2.18. The summed E-state index contributed by atoms with van der Waals surface area (Å²) in [5, 5.41) is 0. The molecule has 0 aromatic rings. The van der Waals surface area contributed by atoms with Crippen LogP contribution in [0.15, 0.2) is 36.5 Å². The molecule has 0 fully saturated rings. The normalized spacial score (nSPS) is 12.2.